The van der Waals surface area contributed by atoms with Crippen molar-refractivity contribution >= 4 is 74.7 Å². The molecule has 424 valence electrons. The Morgan fingerprint density at radius 1 is 0.547 bits per heavy atom. The van der Waals surface area contributed by atoms with Crippen LogP contribution in [0.5, 0.6) is 0 Å². The second-order valence-electron chi connectivity index (χ2n) is 15.8. The van der Waals surface area contributed by atoms with Crippen molar-refractivity contribution in [3.8, 4) is 0 Å². The van der Waals surface area contributed by atoms with E-state index in [-0.39, 0.29) is 104 Å². The van der Waals surface area contributed by atoms with Gasteiger partial charge < -0.3 is 58.6 Å². The molecule has 0 bridgehead atoms. The minimum absolute atomic E-state index is 0. The smallest absolute Gasteiger partial charge is 0.870 e. The van der Waals surface area contributed by atoms with E-state index in [2.05, 4.69) is 73.7 Å². The molecule has 0 spiro atoms. The van der Waals surface area contributed by atoms with Crippen LogP contribution in [0.3, 0.4) is 0 Å². The topological polar surface area (TPSA) is 280 Å². The SMILES string of the molecule is BrC/C=C/CBr.C=CC1CC1(N)P(=O)(OCC)OCC.C=CC1CC1(N=Cc1ccccc1)P(=O)(OCC)OCC.C=C[C@@H]1C[C@]1(N)P(=O)(OCC)OCC.CCOP(=O)(CN=Cc1ccccc1)OCC.O.[Cs+].[OH-]. The van der Waals surface area contributed by atoms with Gasteiger partial charge in [0.15, 0.2) is 5.28 Å². The maximum absolute atomic E-state index is 13.1. The zero-order valence-corrected chi connectivity index (χ0v) is 58.5. The van der Waals surface area contributed by atoms with Crippen LogP contribution in [0.4, 0.5) is 0 Å². The van der Waals surface area contributed by atoms with Gasteiger partial charge in [-0.05, 0) is 85.8 Å². The van der Waals surface area contributed by atoms with Crippen molar-refractivity contribution in [2.24, 2.45) is 39.2 Å². The molecule has 4 unspecified atom stereocenters. The number of allylic oxidation sites excluding steroid dienone is 2. The van der Waals surface area contributed by atoms with Crippen LogP contribution in [-0.4, -0.2) is 109 Å². The first kappa shape index (κ1) is 79.4. The van der Waals surface area contributed by atoms with Gasteiger partial charge >= 0.3 is 99.3 Å². The van der Waals surface area contributed by atoms with Crippen LogP contribution in [0.2, 0.25) is 0 Å². The van der Waals surface area contributed by atoms with Gasteiger partial charge in [-0.2, -0.15) is 0 Å². The van der Waals surface area contributed by atoms with E-state index in [4.69, 9.17) is 47.7 Å². The molecule has 3 aliphatic carbocycles. The van der Waals surface area contributed by atoms with Crippen LogP contribution in [0.25, 0.3) is 0 Å². The summed E-state index contributed by atoms with van der Waals surface area (Å²) in [6.45, 7) is 28.2. The number of aliphatic imine (C=N–C) groups is 2. The molecule has 75 heavy (non-hydrogen) atoms. The minimum atomic E-state index is -3.29. The zero-order valence-electron chi connectivity index (χ0n) is 45.5. The zero-order chi connectivity index (χ0) is 54.4. The molecule has 7 N–H and O–H groups in total. The van der Waals surface area contributed by atoms with Crippen molar-refractivity contribution in [1.82, 2.24) is 0 Å². The monoisotopic (exact) mass is 1380 g/mol. The summed E-state index contributed by atoms with van der Waals surface area (Å²) < 4.78 is 91.6. The molecular formula is C50H85Br2CsN4O14P4. The number of rotatable bonds is 29. The molecule has 2 aromatic carbocycles. The van der Waals surface area contributed by atoms with Crippen LogP contribution in [0.1, 0.15) is 85.8 Å². The Morgan fingerprint density at radius 2 is 0.867 bits per heavy atom. The van der Waals surface area contributed by atoms with Crippen LogP contribution in [0.15, 0.2) is 121 Å². The third-order valence-electron chi connectivity index (χ3n) is 10.7. The van der Waals surface area contributed by atoms with Crippen molar-refractivity contribution in [2.75, 3.05) is 69.8 Å². The largest absolute Gasteiger partial charge is 1.00 e. The summed E-state index contributed by atoms with van der Waals surface area (Å²) in [4.78, 5) is 8.70. The van der Waals surface area contributed by atoms with Crippen molar-refractivity contribution < 1.29 is 134 Å². The first-order chi connectivity index (χ1) is 34.3. The molecule has 5 rings (SSSR count). The molecule has 0 saturated heterocycles. The first-order valence-corrected chi connectivity index (χ1v) is 32.8. The number of nitrogens with two attached hydrogens (primary N) is 2. The van der Waals surface area contributed by atoms with Gasteiger partial charge in [0.1, 0.15) is 16.8 Å². The van der Waals surface area contributed by atoms with E-state index in [1.807, 2.05) is 74.5 Å². The molecule has 0 aliphatic heterocycles. The molecule has 0 aromatic heterocycles. The van der Waals surface area contributed by atoms with E-state index in [0.29, 0.717) is 72.1 Å². The van der Waals surface area contributed by atoms with E-state index >= 15 is 0 Å². The average molecular weight is 1380 g/mol. The normalized spacial score (nSPS) is 22.4. The molecule has 25 heteroatoms. The quantitative estimate of drug-likeness (QED) is 0.0332. The Hall–Kier alpha value is 0.192. The fraction of sp³-hybridized carbons (Fsp3) is 0.560. The fourth-order valence-corrected chi connectivity index (χ4v) is 15.3. The summed E-state index contributed by atoms with van der Waals surface area (Å²) in [6, 6.07) is 19.4. The Morgan fingerprint density at radius 3 is 1.15 bits per heavy atom. The fourth-order valence-electron chi connectivity index (χ4n) is 6.85. The summed E-state index contributed by atoms with van der Waals surface area (Å²) in [5, 5.41) is -0.560. The number of benzene rings is 2. The van der Waals surface area contributed by atoms with E-state index in [9.17, 15) is 18.3 Å². The van der Waals surface area contributed by atoms with Crippen LogP contribution in [0, 0.1) is 17.8 Å². The summed E-state index contributed by atoms with van der Waals surface area (Å²) in [5.74, 6) is 0.124. The summed E-state index contributed by atoms with van der Waals surface area (Å²) in [5.41, 5.74) is 13.9. The maximum Gasteiger partial charge on any atom is 1.00 e. The second-order valence-corrected chi connectivity index (χ2v) is 26.0. The molecule has 0 radical (unpaired) electrons. The third kappa shape index (κ3) is 25.1. The number of halogens is 2. The van der Waals surface area contributed by atoms with Crippen molar-refractivity contribution in [3.05, 3.63) is 122 Å². The van der Waals surface area contributed by atoms with Gasteiger partial charge in [0.2, 0.25) is 0 Å². The standard InChI is InChI=1S/C16H22NO3P.C12H18NO3P.2C9H18NO3P.C4H6Br2.Cs.2H2O/c1-4-15-12-16(15,21(18,19-5-2)20-6-3)17-13-14-10-8-7-9-11-14;1-3-15-17(14,16-4-2)11-13-10-12-8-6-5-7-9-12;2*1-4-8-7-9(8,10)14(11,12-5-2)13-6-3;5-3-1-2-4-6;;;/h4,7-11,13,15H,1,5-6,12H2,2-3H3;5-10H,3-4,11H2,1-2H3;2*4,8H,1,5-7,10H2,2-3H3;1-2H,3-4H2;;2*1H2/q;;;;;+1;;/p-1/b;;;;2-1+;;;/t;;8-,9+;;;;;/m..1...../s1. The van der Waals surface area contributed by atoms with Crippen LogP contribution < -0.4 is 80.4 Å². The molecule has 2 aromatic rings. The predicted molar refractivity (Wildman–Crippen MR) is 310 cm³/mol. The van der Waals surface area contributed by atoms with E-state index in [0.717, 1.165) is 21.8 Å². The molecule has 18 nitrogen and oxygen atoms in total. The first-order valence-electron chi connectivity index (χ1n) is 24.2. The summed E-state index contributed by atoms with van der Waals surface area (Å²) >= 11 is 6.49. The van der Waals surface area contributed by atoms with E-state index in [1.54, 1.807) is 72.2 Å². The Bertz CT molecular complexity index is 2090. The van der Waals surface area contributed by atoms with E-state index in [1.165, 1.54) is 0 Å². The number of hydrogen-bond acceptors (Lipinski definition) is 17. The molecule has 3 saturated carbocycles. The van der Waals surface area contributed by atoms with Gasteiger partial charge in [-0.3, -0.25) is 28.2 Å². The third-order valence-corrected chi connectivity index (χ3v) is 21.5. The van der Waals surface area contributed by atoms with Crippen molar-refractivity contribution in [3.63, 3.8) is 0 Å². The summed E-state index contributed by atoms with van der Waals surface area (Å²) in [6.07, 6.45) is 14.7. The Balaban J connectivity index is -0.000000887. The van der Waals surface area contributed by atoms with Crippen LogP contribution >= 0.6 is 62.2 Å². The minimum Gasteiger partial charge on any atom is -0.870 e. The second kappa shape index (κ2) is 41.2. The van der Waals surface area contributed by atoms with Gasteiger partial charge in [0.05, 0.1) is 52.9 Å². The van der Waals surface area contributed by atoms with Crippen LogP contribution in [-0.2, 0) is 54.5 Å². The summed E-state index contributed by atoms with van der Waals surface area (Å²) in [7, 11) is -12.7. The predicted octanol–water partition coefficient (Wildman–Crippen LogP) is 10.2. The Kier molecular flexibility index (Phi) is 43.6. The van der Waals surface area contributed by atoms with Gasteiger partial charge in [0, 0.05) is 40.8 Å². The van der Waals surface area contributed by atoms with Crippen molar-refractivity contribution in [1.29, 1.82) is 0 Å². The number of nitrogens with zero attached hydrogens (tertiary/aromatic N) is 2. The molecule has 6 atom stereocenters. The molecular weight excluding hydrogens is 1300 g/mol. The molecule has 0 heterocycles. The molecule has 0 amide bonds. The molecule has 3 fully saturated rings. The average Bonchev–Trinajstić information content (AvgIpc) is 4.32. The molecule has 3 aliphatic rings. The van der Waals surface area contributed by atoms with Crippen molar-refractivity contribution in [2.45, 2.75) is 90.5 Å². The maximum atomic E-state index is 13.1. The van der Waals surface area contributed by atoms with Gasteiger partial charge in [-0.1, -0.05) is 123 Å². The number of alkyl halides is 2. The van der Waals surface area contributed by atoms with Gasteiger partial charge in [-0.25, -0.2) is 0 Å². The number of hydrogen-bond donors (Lipinski definition) is 2. The Labute approximate surface area is 524 Å². The van der Waals surface area contributed by atoms with Gasteiger partial charge in [-0.15, -0.1) is 19.7 Å². The van der Waals surface area contributed by atoms with Gasteiger partial charge in [0.25, 0.3) is 0 Å². The van der Waals surface area contributed by atoms with E-state index < -0.39 is 46.2 Å².